The van der Waals surface area contributed by atoms with Gasteiger partial charge in [0.05, 0.1) is 14.2 Å². The minimum absolute atomic E-state index is 0.0237. The number of hydrogen-bond acceptors (Lipinski definition) is 3. The van der Waals surface area contributed by atoms with E-state index >= 15 is 0 Å². The average Bonchev–Trinajstić information content (AvgIpc) is 3.21. The monoisotopic (exact) mass is 350 g/mol. The van der Waals surface area contributed by atoms with Gasteiger partial charge in [-0.1, -0.05) is 12.1 Å². The summed E-state index contributed by atoms with van der Waals surface area (Å²) in [5.41, 5.74) is 2.82. The topological polar surface area (TPSA) is 52.5 Å². The summed E-state index contributed by atoms with van der Waals surface area (Å²) in [5.74, 6) is 1.33. The fourth-order valence-electron chi connectivity index (χ4n) is 2.77. The lowest BCUT2D eigenvalue weighted by atomic mass is 10.1. The third-order valence-electron chi connectivity index (χ3n) is 4.12. The van der Waals surface area contributed by atoms with Crippen LogP contribution in [0.15, 0.2) is 67.0 Å². The first kappa shape index (κ1) is 17.6. The van der Waals surface area contributed by atoms with E-state index in [-0.39, 0.29) is 5.91 Å². The third-order valence-corrected chi connectivity index (χ3v) is 4.12. The van der Waals surface area contributed by atoms with Gasteiger partial charge in [-0.25, -0.2) is 0 Å². The first-order valence-electron chi connectivity index (χ1n) is 8.44. The van der Waals surface area contributed by atoms with E-state index in [0.29, 0.717) is 24.3 Å². The third kappa shape index (κ3) is 4.25. The van der Waals surface area contributed by atoms with Crippen LogP contribution in [0.1, 0.15) is 12.0 Å². The number of rotatable bonds is 7. The van der Waals surface area contributed by atoms with Crippen molar-refractivity contribution in [1.82, 2.24) is 4.57 Å². The van der Waals surface area contributed by atoms with Gasteiger partial charge in [0.2, 0.25) is 5.91 Å². The Morgan fingerprint density at radius 2 is 1.73 bits per heavy atom. The molecule has 0 fully saturated rings. The zero-order chi connectivity index (χ0) is 18.4. The van der Waals surface area contributed by atoms with Gasteiger partial charge >= 0.3 is 0 Å². The van der Waals surface area contributed by atoms with Crippen molar-refractivity contribution >= 4 is 11.6 Å². The molecule has 0 aliphatic rings. The molecule has 0 saturated carbocycles. The molecular weight excluding hydrogens is 328 g/mol. The largest absolute Gasteiger partial charge is 0.493 e. The van der Waals surface area contributed by atoms with Crippen molar-refractivity contribution in [2.45, 2.75) is 12.8 Å². The van der Waals surface area contributed by atoms with Crippen molar-refractivity contribution in [2.75, 3.05) is 19.5 Å². The number of nitrogens with zero attached hydrogens (tertiary/aromatic N) is 1. The molecule has 1 amide bonds. The van der Waals surface area contributed by atoms with Gasteiger partial charge in [0.15, 0.2) is 11.5 Å². The Morgan fingerprint density at radius 1 is 0.962 bits per heavy atom. The van der Waals surface area contributed by atoms with Crippen molar-refractivity contribution in [3.05, 3.63) is 72.6 Å². The number of carbonyl (C=O) groups is 1. The van der Waals surface area contributed by atoms with Crippen LogP contribution in [0.5, 0.6) is 11.5 Å². The van der Waals surface area contributed by atoms with Crippen LogP contribution in [0.2, 0.25) is 0 Å². The summed E-state index contributed by atoms with van der Waals surface area (Å²) in [6, 6.07) is 17.4. The molecule has 1 heterocycles. The van der Waals surface area contributed by atoms with E-state index in [0.717, 1.165) is 16.9 Å². The second-order valence-corrected chi connectivity index (χ2v) is 5.88. The summed E-state index contributed by atoms with van der Waals surface area (Å²) < 4.78 is 12.5. The second kappa shape index (κ2) is 8.25. The van der Waals surface area contributed by atoms with Gasteiger partial charge in [0, 0.05) is 30.2 Å². The number of amides is 1. The molecule has 0 aliphatic carbocycles. The molecule has 2 aromatic carbocycles. The number of benzene rings is 2. The maximum atomic E-state index is 12.3. The zero-order valence-corrected chi connectivity index (χ0v) is 14.9. The molecule has 5 nitrogen and oxygen atoms in total. The van der Waals surface area contributed by atoms with E-state index in [9.17, 15) is 4.79 Å². The van der Waals surface area contributed by atoms with Crippen LogP contribution >= 0.6 is 0 Å². The van der Waals surface area contributed by atoms with E-state index in [1.807, 2.05) is 71.6 Å². The van der Waals surface area contributed by atoms with Gasteiger partial charge < -0.3 is 19.4 Å². The first-order valence-corrected chi connectivity index (χ1v) is 8.44. The van der Waals surface area contributed by atoms with Gasteiger partial charge in [-0.05, 0) is 54.4 Å². The van der Waals surface area contributed by atoms with Crippen LogP contribution in [0.4, 0.5) is 5.69 Å². The van der Waals surface area contributed by atoms with Crippen LogP contribution in [0.25, 0.3) is 5.69 Å². The number of nitrogens with one attached hydrogen (secondary N) is 1. The first-order chi connectivity index (χ1) is 12.7. The lowest BCUT2D eigenvalue weighted by Gasteiger charge is -2.10. The average molecular weight is 350 g/mol. The van der Waals surface area contributed by atoms with Crippen molar-refractivity contribution in [2.24, 2.45) is 0 Å². The van der Waals surface area contributed by atoms with E-state index in [4.69, 9.17) is 9.47 Å². The molecule has 134 valence electrons. The Bertz CT molecular complexity index is 873. The Labute approximate surface area is 153 Å². The zero-order valence-electron chi connectivity index (χ0n) is 14.9. The number of aryl methyl sites for hydroxylation is 1. The highest BCUT2D eigenvalue weighted by molar-refractivity contribution is 5.91. The molecule has 3 aromatic rings. The summed E-state index contributed by atoms with van der Waals surface area (Å²) in [7, 11) is 3.21. The van der Waals surface area contributed by atoms with Crippen molar-refractivity contribution in [1.29, 1.82) is 0 Å². The molecule has 0 radical (unpaired) electrons. The normalized spacial score (nSPS) is 10.4. The van der Waals surface area contributed by atoms with Crippen LogP contribution < -0.4 is 14.8 Å². The molecule has 1 aromatic heterocycles. The highest BCUT2D eigenvalue weighted by Crippen LogP contribution is 2.28. The minimum atomic E-state index is -0.0237. The van der Waals surface area contributed by atoms with Crippen molar-refractivity contribution in [3.8, 4) is 17.2 Å². The highest BCUT2D eigenvalue weighted by Gasteiger charge is 2.08. The molecule has 0 atom stereocenters. The van der Waals surface area contributed by atoms with Gasteiger partial charge in [-0.2, -0.15) is 0 Å². The number of methoxy groups -OCH3 is 2. The van der Waals surface area contributed by atoms with Crippen molar-refractivity contribution in [3.63, 3.8) is 0 Å². The van der Waals surface area contributed by atoms with Gasteiger partial charge in [0.1, 0.15) is 0 Å². The van der Waals surface area contributed by atoms with Crippen LogP contribution in [0, 0.1) is 0 Å². The molecule has 0 unspecified atom stereocenters. The summed E-state index contributed by atoms with van der Waals surface area (Å²) in [6.07, 6.45) is 4.96. The molecule has 0 spiro atoms. The number of hydrogen-bond donors (Lipinski definition) is 1. The lowest BCUT2D eigenvalue weighted by molar-refractivity contribution is -0.116. The predicted octanol–water partition coefficient (Wildman–Crippen LogP) is 4.07. The van der Waals surface area contributed by atoms with E-state index < -0.39 is 0 Å². The minimum Gasteiger partial charge on any atom is -0.493 e. The fourth-order valence-corrected chi connectivity index (χ4v) is 2.77. The van der Waals surface area contributed by atoms with Crippen molar-refractivity contribution < 1.29 is 14.3 Å². The van der Waals surface area contributed by atoms with E-state index in [1.54, 1.807) is 14.2 Å². The van der Waals surface area contributed by atoms with Gasteiger partial charge in [-0.3, -0.25) is 4.79 Å². The second-order valence-electron chi connectivity index (χ2n) is 5.88. The number of anilines is 1. The Hall–Kier alpha value is -3.21. The smallest absolute Gasteiger partial charge is 0.224 e. The maximum Gasteiger partial charge on any atom is 0.224 e. The summed E-state index contributed by atoms with van der Waals surface area (Å²) in [5, 5.41) is 2.96. The molecule has 0 saturated heterocycles. The standard InChI is InChI=1S/C21H22N2O3/c1-25-19-10-8-16(14-20(19)26-2)9-11-21(24)22-17-6-5-7-18(15-17)23-12-3-4-13-23/h3-8,10,12-15H,9,11H2,1-2H3,(H,22,24). The number of carbonyl (C=O) groups excluding carboxylic acids is 1. The van der Waals surface area contributed by atoms with Gasteiger partial charge in [0.25, 0.3) is 0 Å². The van der Waals surface area contributed by atoms with E-state index in [1.165, 1.54) is 0 Å². The number of aromatic nitrogens is 1. The molecular formula is C21H22N2O3. The Kier molecular flexibility index (Phi) is 5.59. The van der Waals surface area contributed by atoms with Gasteiger partial charge in [-0.15, -0.1) is 0 Å². The Balaban J connectivity index is 1.60. The summed E-state index contributed by atoms with van der Waals surface area (Å²) in [4.78, 5) is 12.3. The molecule has 3 rings (SSSR count). The molecule has 5 heteroatoms. The molecule has 1 N–H and O–H groups in total. The quantitative estimate of drug-likeness (QED) is 0.699. The SMILES string of the molecule is COc1ccc(CCC(=O)Nc2cccc(-n3cccc3)c2)cc1OC. The van der Waals surface area contributed by atoms with E-state index in [2.05, 4.69) is 5.32 Å². The molecule has 0 bridgehead atoms. The molecule has 26 heavy (non-hydrogen) atoms. The lowest BCUT2D eigenvalue weighted by Crippen LogP contribution is -2.12. The predicted molar refractivity (Wildman–Crippen MR) is 102 cm³/mol. The van der Waals surface area contributed by atoms with Crippen LogP contribution in [-0.2, 0) is 11.2 Å². The van der Waals surface area contributed by atoms with Crippen LogP contribution in [0.3, 0.4) is 0 Å². The summed E-state index contributed by atoms with van der Waals surface area (Å²) >= 11 is 0. The summed E-state index contributed by atoms with van der Waals surface area (Å²) in [6.45, 7) is 0. The Morgan fingerprint density at radius 3 is 2.46 bits per heavy atom. The number of ether oxygens (including phenoxy) is 2. The maximum absolute atomic E-state index is 12.3. The highest BCUT2D eigenvalue weighted by atomic mass is 16.5. The fraction of sp³-hybridized carbons (Fsp3) is 0.190. The molecule has 0 aliphatic heterocycles. The van der Waals surface area contributed by atoms with Crippen LogP contribution in [-0.4, -0.2) is 24.7 Å².